The molecular weight excluding hydrogens is 440 g/mol. The minimum absolute atomic E-state index is 0.0335. The van der Waals surface area contributed by atoms with E-state index < -0.39 is 17.7 Å². The van der Waals surface area contributed by atoms with E-state index >= 15 is 0 Å². The minimum Gasteiger partial charge on any atom is -0.435 e. The van der Waals surface area contributed by atoms with Crippen LogP contribution < -0.4 is 4.74 Å². The molecule has 0 saturated carbocycles. The largest absolute Gasteiger partial charge is 0.435 e. The highest BCUT2D eigenvalue weighted by atomic mass is 19.1. The van der Waals surface area contributed by atoms with Crippen molar-refractivity contribution in [2.45, 2.75) is 52.9 Å². The van der Waals surface area contributed by atoms with Gasteiger partial charge >= 0.3 is 0 Å². The minimum atomic E-state index is -0.795. The molecule has 0 radical (unpaired) electrons. The summed E-state index contributed by atoms with van der Waals surface area (Å²) in [6, 6.07) is 12.6. The van der Waals surface area contributed by atoms with Crippen LogP contribution in [0.1, 0.15) is 38.4 Å². The second-order valence-electron chi connectivity index (χ2n) is 8.56. The molecule has 0 spiro atoms. The number of aromatic nitrogens is 2. The van der Waals surface area contributed by atoms with Gasteiger partial charge in [-0.05, 0) is 58.0 Å². The first kappa shape index (κ1) is 25.8. The van der Waals surface area contributed by atoms with Crippen LogP contribution in [0.4, 0.5) is 8.78 Å². The molecule has 2 aromatic carbocycles. The molecule has 1 N–H and O–H groups in total. The van der Waals surface area contributed by atoms with E-state index in [9.17, 15) is 13.9 Å². The Morgan fingerprint density at radius 3 is 2.50 bits per heavy atom. The van der Waals surface area contributed by atoms with E-state index in [1.54, 1.807) is 4.68 Å². The van der Waals surface area contributed by atoms with Crippen molar-refractivity contribution in [1.82, 2.24) is 14.7 Å². The predicted octanol–water partition coefficient (Wildman–Crippen LogP) is 5.25. The van der Waals surface area contributed by atoms with Gasteiger partial charge in [0.15, 0.2) is 11.6 Å². The molecule has 0 bridgehead atoms. The fourth-order valence-electron chi connectivity index (χ4n) is 3.66. The summed E-state index contributed by atoms with van der Waals surface area (Å²) < 4.78 is 41.1. The van der Waals surface area contributed by atoms with Crippen LogP contribution in [0.2, 0.25) is 0 Å². The van der Waals surface area contributed by atoms with Crippen LogP contribution in [0.5, 0.6) is 11.6 Å². The fraction of sp³-hybridized carbons (Fsp3) is 0.423. The third-order valence-corrected chi connectivity index (χ3v) is 5.25. The normalized spacial score (nSPS) is 12.5. The molecule has 3 aromatic rings. The molecular formula is C26H33F2N3O3. The number of halogens is 2. The average molecular weight is 474 g/mol. The first-order chi connectivity index (χ1) is 16.3. The molecule has 0 aliphatic carbocycles. The highest BCUT2D eigenvalue weighted by Crippen LogP contribution is 2.33. The van der Waals surface area contributed by atoms with E-state index in [1.807, 2.05) is 51.1 Å². The molecule has 0 amide bonds. The Bertz CT molecular complexity index is 1060. The van der Waals surface area contributed by atoms with Crippen LogP contribution in [-0.4, -0.2) is 51.7 Å². The van der Waals surface area contributed by atoms with Crippen molar-refractivity contribution in [3.05, 3.63) is 71.4 Å². The van der Waals surface area contributed by atoms with Gasteiger partial charge in [0.1, 0.15) is 5.82 Å². The van der Waals surface area contributed by atoms with Crippen LogP contribution in [-0.2, 0) is 11.3 Å². The Labute approximate surface area is 199 Å². The first-order valence-corrected chi connectivity index (χ1v) is 11.6. The predicted molar refractivity (Wildman–Crippen MR) is 127 cm³/mol. The van der Waals surface area contributed by atoms with E-state index in [0.29, 0.717) is 19.0 Å². The van der Waals surface area contributed by atoms with E-state index in [1.165, 1.54) is 6.07 Å². The molecule has 1 atom stereocenters. The number of aryl methyl sites for hydroxylation is 1. The van der Waals surface area contributed by atoms with Crippen molar-refractivity contribution in [2.24, 2.45) is 0 Å². The molecule has 8 heteroatoms. The van der Waals surface area contributed by atoms with Gasteiger partial charge in [-0.15, -0.1) is 0 Å². The molecule has 0 fully saturated rings. The lowest BCUT2D eigenvalue weighted by molar-refractivity contribution is -0.00957. The number of hydrogen-bond acceptors (Lipinski definition) is 5. The summed E-state index contributed by atoms with van der Waals surface area (Å²) in [4.78, 5) is 2.10. The summed E-state index contributed by atoms with van der Waals surface area (Å²) in [6.07, 6.45) is 0.260. The summed E-state index contributed by atoms with van der Waals surface area (Å²) in [7, 11) is 0. The van der Waals surface area contributed by atoms with Crippen LogP contribution >= 0.6 is 0 Å². The standard InChI is InChI=1S/C26H33F2N3O3/c1-5-13-30(15-22(32)17-33-18(2)3)16-23-19(4)29-31(21-9-7-6-8-10-21)26(23)34-25-12-11-20(27)14-24(25)28/h6-12,14,18,22,32H,5,13,15-17H2,1-4H3. The molecule has 1 heterocycles. The van der Waals surface area contributed by atoms with E-state index in [2.05, 4.69) is 16.9 Å². The van der Waals surface area contributed by atoms with Crippen molar-refractivity contribution in [3.8, 4) is 17.3 Å². The molecule has 6 nitrogen and oxygen atoms in total. The zero-order valence-corrected chi connectivity index (χ0v) is 20.2. The second-order valence-corrected chi connectivity index (χ2v) is 8.56. The smallest absolute Gasteiger partial charge is 0.227 e. The number of aliphatic hydroxyl groups excluding tert-OH is 1. The Morgan fingerprint density at radius 2 is 1.85 bits per heavy atom. The van der Waals surface area contributed by atoms with Gasteiger partial charge in [0.05, 0.1) is 35.8 Å². The number of nitrogens with zero attached hydrogens (tertiary/aromatic N) is 3. The molecule has 0 saturated heterocycles. The van der Waals surface area contributed by atoms with Gasteiger partial charge < -0.3 is 14.6 Å². The van der Waals surface area contributed by atoms with E-state index in [-0.39, 0.29) is 18.5 Å². The Kier molecular flexibility index (Phi) is 9.15. The highest BCUT2D eigenvalue weighted by Gasteiger charge is 2.23. The molecule has 1 unspecified atom stereocenters. The number of rotatable bonds is 12. The maximum Gasteiger partial charge on any atom is 0.227 e. The molecule has 34 heavy (non-hydrogen) atoms. The summed E-state index contributed by atoms with van der Waals surface area (Å²) >= 11 is 0. The fourth-order valence-corrected chi connectivity index (χ4v) is 3.66. The van der Waals surface area contributed by atoms with Gasteiger partial charge in [0.25, 0.3) is 0 Å². The van der Waals surface area contributed by atoms with E-state index in [0.717, 1.165) is 42.0 Å². The van der Waals surface area contributed by atoms with Crippen molar-refractivity contribution in [1.29, 1.82) is 0 Å². The molecule has 3 rings (SSSR count). The first-order valence-electron chi connectivity index (χ1n) is 11.6. The van der Waals surface area contributed by atoms with Crippen LogP contribution in [0.25, 0.3) is 5.69 Å². The topological polar surface area (TPSA) is 59.8 Å². The lowest BCUT2D eigenvalue weighted by Crippen LogP contribution is -2.35. The summed E-state index contributed by atoms with van der Waals surface area (Å²) in [6.45, 7) is 9.60. The third kappa shape index (κ3) is 6.85. The van der Waals surface area contributed by atoms with Crippen LogP contribution in [0, 0.1) is 18.6 Å². The van der Waals surface area contributed by atoms with Crippen molar-refractivity contribution in [2.75, 3.05) is 19.7 Å². The van der Waals surface area contributed by atoms with Crippen LogP contribution in [0.3, 0.4) is 0 Å². The second kappa shape index (κ2) is 12.1. The van der Waals surface area contributed by atoms with Crippen molar-refractivity contribution >= 4 is 0 Å². The SMILES string of the molecule is CCCN(Cc1c(C)nn(-c2ccccc2)c1Oc1ccc(F)cc1F)CC(O)COC(C)C. The molecule has 184 valence electrons. The van der Waals surface area contributed by atoms with Gasteiger partial charge in [0, 0.05) is 19.2 Å². The molecule has 0 aliphatic heterocycles. The monoisotopic (exact) mass is 473 g/mol. The van der Waals surface area contributed by atoms with Gasteiger partial charge in [-0.3, -0.25) is 4.90 Å². The van der Waals surface area contributed by atoms with Crippen molar-refractivity contribution < 1.29 is 23.4 Å². The zero-order valence-electron chi connectivity index (χ0n) is 20.2. The lowest BCUT2D eigenvalue weighted by atomic mass is 10.2. The molecule has 1 aromatic heterocycles. The number of hydrogen-bond donors (Lipinski definition) is 1. The Balaban J connectivity index is 1.95. The van der Waals surface area contributed by atoms with Gasteiger partial charge in [-0.2, -0.15) is 5.10 Å². The average Bonchev–Trinajstić information content (AvgIpc) is 3.10. The molecule has 0 aliphatic rings. The lowest BCUT2D eigenvalue weighted by Gasteiger charge is -2.25. The summed E-state index contributed by atoms with van der Waals surface area (Å²) in [5.41, 5.74) is 2.23. The third-order valence-electron chi connectivity index (χ3n) is 5.25. The number of para-hydroxylation sites is 1. The van der Waals surface area contributed by atoms with Crippen LogP contribution in [0.15, 0.2) is 48.5 Å². The maximum atomic E-state index is 14.5. The van der Waals surface area contributed by atoms with Gasteiger partial charge in [-0.1, -0.05) is 25.1 Å². The number of aliphatic hydroxyl groups is 1. The van der Waals surface area contributed by atoms with Gasteiger partial charge in [0.2, 0.25) is 5.88 Å². The number of ether oxygens (including phenoxy) is 2. The van der Waals surface area contributed by atoms with E-state index in [4.69, 9.17) is 9.47 Å². The summed E-state index contributed by atoms with van der Waals surface area (Å²) in [5, 5.41) is 15.1. The highest BCUT2D eigenvalue weighted by molar-refractivity contribution is 5.43. The summed E-state index contributed by atoms with van der Waals surface area (Å²) in [5.74, 6) is -1.21. The van der Waals surface area contributed by atoms with Crippen molar-refractivity contribution in [3.63, 3.8) is 0 Å². The zero-order chi connectivity index (χ0) is 24.7. The Hall–Kier alpha value is -2.81. The Morgan fingerprint density at radius 1 is 1.12 bits per heavy atom. The quantitative estimate of drug-likeness (QED) is 0.389. The number of benzene rings is 2. The van der Waals surface area contributed by atoms with Gasteiger partial charge in [-0.25, -0.2) is 13.5 Å². The maximum absolute atomic E-state index is 14.5.